The van der Waals surface area contributed by atoms with Crippen LogP contribution in [0.4, 0.5) is 13.2 Å². The van der Waals surface area contributed by atoms with Crippen LogP contribution in [0.15, 0.2) is 42.5 Å². The molecule has 0 nitrogen and oxygen atoms in total. The van der Waals surface area contributed by atoms with Gasteiger partial charge in [0.1, 0.15) is 5.82 Å². The summed E-state index contributed by atoms with van der Waals surface area (Å²) in [6.07, 6.45) is 7.06. The molecule has 0 aliphatic heterocycles. The number of unbranched alkanes of at least 4 members (excludes halogenated alkanes) is 1. The van der Waals surface area contributed by atoms with Gasteiger partial charge in [-0.15, -0.1) is 0 Å². The average Bonchev–Trinajstić information content (AvgIpc) is 2.72. The standard InChI is InChI=1S/C25H31F3/c1-3-5-16-25(27,28)23-15-14-22(17-24(23)26)21-12-10-20(11-13-21)19-8-6-18(4-2)7-9-19/h10-15,17-19H,3-9,16H2,1-2H3. The van der Waals surface area contributed by atoms with Gasteiger partial charge in [0.15, 0.2) is 0 Å². The number of hydrogen-bond acceptors (Lipinski definition) is 0. The Morgan fingerprint density at radius 1 is 0.893 bits per heavy atom. The topological polar surface area (TPSA) is 0 Å². The average molecular weight is 389 g/mol. The largest absolute Gasteiger partial charge is 0.276 e. The Labute approximate surface area is 167 Å². The van der Waals surface area contributed by atoms with Gasteiger partial charge in [-0.2, -0.15) is 0 Å². The summed E-state index contributed by atoms with van der Waals surface area (Å²) >= 11 is 0. The SMILES string of the molecule is CCCCC(F)(F)c1ccc(-c2ccc(C3CCC(CC)CC3)cc2)cc1F. The first-order valence-corrected chi connectivity index (χ1v) is 10.7. The predicted molar refractivity (Wildman–Crippen MR) is 110 cm³/mol. The second kappa shape index (κ2) is 9.15. The van der Waals surface area contributed by atoms with Crippen LogP contribution in [0, 0.1) is 11.7 Å². The normalized spacial score (nSPS) is 20.3. The highest BCUT2D eigenvalue weighted by atomic mass is 19.3. The van der Waals surface area contributed by atoms with E-state index < -0.39 is 17.3 Å². The van der Waals surface area contributed by atoms with Crippen molar-refractivity contribution in [1.82, 2.24) is 0 Å². The van der Waals surface area contributed by atoms with Gasteiger partial charge in [-0.25, -0.2) is 13.2 Å². The third-order valence-electron chi connectivity index (χ3n) is 6.35. The van der Waals surface area contributed by atoms with Gasteiger partial charge in [-0.1, -0.05) is 57.0 Å². The van der Waals surface area contributed by atoms with E-state index in [1.165, 1.54) is 49.8 Å². The lowest BCUT2D eigenvalue weighted by Crippen LogP contribution is -2.15. The first-order valence-electron chi connectivity index (χ1n) is 10.7. The molecular weight excluding hydrogens is 357 g/mol. The third kappa shape index (κ3) is 4.79. The Balaban J connectivity index is 1.73. The van der Waals surface area contributed by atoms with E-state index in [0.717, 1.165) is 11.5 Å². The van der Waals surface area contributed by atoms with Crippen LogP contribution in [0.2, 0.25) is 0 Å². The fourth-order valence-electron chi connectivity index (χ4n) is 4.38. The highest BCUT2D eigenvalue weighted by molar-refractivity contribution is 5.64. The summed E-state index contributed by atoms with van der Waals surface area (Å²) < 4.78 is 42.8. The lowest BCUT2D eigenvalue weighted by molar-refractivity contribution is -0.0187. The Kier molecular flexibility index (Phi) is 6.85. The van der Waals surface area contributed by atoms with Crippen LogP contribution in [0.5, 0.6) is 0 Å². The fraction of sp³-hybridized carbons (Fsp3) is 0.520. The first-order chi connectivity index (χ1) is 13.4. The number of alkyl halides is 2. The highest BCUT2D eigenvalue weighted by Gasteiger charge is 2.33. The van der Waals surface area contributed by atoms with Crippen LogP contribution >= 0.6 is 0 Å². The molecule has 0 aromatic heterocycles. The van der Waals surface area contributed by atoms with Crippen molar-refractivity contribution in [2.45, 2.75) is 77.1 Å². The summed E-state index contributed by atoms with van der Waals surface area (Å²) in [6, 6.07) is 12.3. The zero-order valence-electron chi connectivity index (χ0n) is 17.0. The van der Waals surface area contributed by atoms with Crippen LogP contribution in [0.1, 0.15) is 82.3 Å². The number of rotatable bonds is 7. The van der Waals surface area contributed by atoms with Crippen molar-refractivity contribution in [3.05, 3.63) is 59.4 Å². The molecule has 0 saturated heterocycles. The van der Waals surface area contributed by atoms with E-state index in [0.29, 0.717) is 24.3 Å². The minimum atomic E-state index is -3.11. The summed E-state index contributed by atoms with van der Waals surface area (Å²) in [4.78, 5) is 0. The molecule has 1 aliphatic rings. The van der Waals surface area contributed by atoms with Gasteiger partial charge in [0.25, 0.3) is 5.92 Å². The van der Waals surface area contributed by atoms with E-state index in [1.807, 2.05) is 19.1 Å². The first kappa shape index (κ1) is 21.0. The molecule has 3 rings (SSSR count). The number of hydrogen-bond donors (Lipinski definition) is 0. The van der Waals surface area contributed by atoms with Crippen molar-refractivity contribution in [1.29, 1.82) is 0 Å². The van der Waals surface area contributed by atoms with Crippen molar-refractivity contribution >= 4 is 0 Å². The maximum atomic E-state index is 14.4. The molecule has 0 atom stereocenters. The molecule has 0 heterocycles. The Hall–Kier alpha value is -1.77. The summed E-state index contributed by atoms with van der Waals surface area (Å²) in [6.45, 7) is 4.12. The van der Waals surface area contributed by atoms with E-state index >= 15 is 0 Å². The summed E-state index contributed by atoms with van der Waals surface area (Å²) in [5.41, 5.74) is 2.36. The van der Waals surface area contributed by atoms with Crippen LogP contribution in [0.25, 0.3) is 11.1 Å². The van der Waals surface area contributed by atoms with Gasteiger partial charge in [-0.05, 0) is 72.8 Å². The lowest BCUT2D eigenvalue weighted by Gasteiger charge is -2.28. The van der Waals surface area contributed by atoms with Gasteiger partial charge < -0.3 is 0 Å². The Bertz CT molecular complexity index is 756. The molecule has 0 bridgehead atoms. The Morgan fingerprint density at radius 3 is 2.11 bits per heavy atom. The molecule has 0 radical (unpaired) electrons. The molecule has 28 heavy (non-hydrogen) atoms. The van der Waals surface area contributed by atoms with Crippen molar-refractivity contribution in [2.75, 3.05) is 0 Å². The minimum Gasteiger partial charge on any atom is -0.206 e. The summed E-state index contributed by atoms with van der Waals surface area (Å²) in [7, 11) is 0. The van der Waals surface area contributed by atoms with Crippen LogP contribution in [-0.4, -0.2) is 0 Å². The zero-order chi connectivity index (χ0) is 20.1. The summed E-state index contributed by atoms with van der Waals surface area (Å²) in [5.74, 6) is -2.46. The second-order valence-corrected chi connectivity index (χ2v) is 8.25. The molecule has 3 heteroatoms. The molecule has 1 aliphatic carbocycles. The molecule has 0 N–H and O–H groups in total. The second-order valence-electron chi connectivity index (χ2n) is 8.25. The van der Waals surface area contributed by atoms with Gasteiger partial charge in [-0.3, -0.25) is 0 Å². The van der Waals surface area contributed by atoms with E-state index in [2.05, 4.69) is 19.1 Å². The third-order valence-corrected chi connectivity index (χ3v) is 6.35. The maximum absolute atomic E-state index is 14.4. The molecule has 152 valence electrons. The van der Waals surface area contributed by atoms with Crippen molar-refractivity contribution in [3.8, 4) is 11.1 Å². The number of benzene rings is 2. The fourth-order valence-corrected chi connectivity index (χ4v) is 4.38. The van der Waals surface area contributed by atoms with Crippen LogP contribution in [0.3, 0.4) is 0 Å². The molecule has 2 aromatic carbocycles. The van der Waals surface area contributed by atoms with Gasteiger partial charge >= 0.3 is 0 Å². The molecular formula is C25H31F3. The molecule has 1 fully saturated rings. The van der Waals surface area contributed by atoms with E-state index in [-0.39, 0.29) is 6.42 Å². The van der Waals surface area contributed by atoms with Crippen molar-refractivity contribution in [3.63, 3.8) is 0 Å². The minimum absolute atomic E-state index is 0.311. The molecule has 2 aromatic rings. The van der Waals surface area contributed by atoms with Gasteiger partial charge in [0.05, 0.1) is 5.56 Å². The molecule has 0 unspecified atom stereocenters. The monoisotopic (exact) mass is 388 g/mol. The molecule has 1 saturated carbocycles. The van der Waals surface area contributed by atoms with Crippen molar-refractivity contribution in [2.24, 2.45) is 5.92 Å². The Morgan fingerprint density at radius 2 is 1.54 bits per heavy atom. The molecule has 0 spiro atoms. The van der Waals surface area contributed by atoms with E-state index in [9.17, 15) is 13.2 Å². The van der Waals surface area contributed by atoms with Gasteiger partial charge in [0, 0.05) is 6.42 Å². The van der Waals surface area contributed by atoms with Gasteiger partial charge in [0.2, 0.25) is 0 Å². The predicted octanol–water partition coefficient (Wildman–Crippen LogP) is 8.46. The van der Waals surface area contributed by atoms with Crippen LogP contribution in [-0.2, 0) is 5.92 Å². The molecule has 0 amide bonds. The zero-order valence-corrected chi connectivity index (χ0v) is 17.0. The maximum Gasteiger partial charge on any atom is 0.276 e. The van der Waals surface area contributed by atoms with E-state index in [4.69, 9.17) is 0 Å². The smallest absolute Gasteiger partial charge is 0.206 e. The number of halogens is 3. The van der Waals surface area contributed by atoms with Crippen LogP contribution < -0.4 is 0 Å². The van der Waals surface area contributed by atoms with Crippen molar-refractivity contribution < 1.29 is 13.2 Å². The highest BCUT2D eigenvalue weighted by Crippen LogP contribution is 2.39. The summed E-state index contributed by atoms with van der Waals surface area (Å²) in [5, 5.41) is 0. The quantitative estimate of drug-likeness (QED) is 0.446. The lowest BCUT2D eigenvalue weighted by atomic mass is 9.77. The van der Waals surface area contributed by atoms with E-state index in [1.54, 1.807) is 6.07 Å².